The van der Waals surface area contributed by atoms with Crippen LogP contribution in [0.4, 0.5) is 5.69 Å². The van der Waals surface area contributed by atoms with Crippen molar-refractivity contribution in [1.82, 2.24) is 4.72 Å². The highest BCUT2D eigenvalue weighted by Gasteiger charge is 2.22. The van der Waals surface area contributed by atoms with Gasteiger partial charge in [0.1, 0.15) is 0 Å². The molecule has 1 unspecified atom stereocenters. The second-order valence-electron chi connectivity index (χ2n) is 4.77. The van der Waals surface area contributed by atoms with Crippen molar-refractivity contribution in [2.24, 2.45) is 5.84 Å². The Morgan fingerprint density at radius 3 is 2.30 bits per heavy atom. The van der Waals surface area contributed by atoms with E-state index >= 15 is 0 Å². The summed E-state index contributed by atoms with van der Waals surface area (Å²) in [4.78, 5) is 0.292. The first-order valence-electron chi connectivity index (χ1n) is 6.49. The van der Waals surface area contributed by atoms with Gasteiger partial charge in [0.15, 0.2) is 0 Å². The van der Waals surface area contributed by atoms with Crippen LogP contribution in [0.3, 0.4) is 0 Å². The lowest BCUT2D eigenvalue weighted by molar-refractivity contribution is 0.133. The molecule has 0 spiro atoms. The van der Waals surface area contributed by atoms with E-state index in [-0.39, 0.29) is 6.04 Å². The predicted molar refractivity (Wildman–Crippen MR) is 80.0 cm³/mol. The Hall–Kier alpha value is -1.15. The fraction of sp³-hybridized carbons (Fsp3) is 0.538. The Morgan fingerprint density at radius 1 is 1.30 bits per heavy atom. The molecule has 0 saturated heterocycles. The number of hydrogen-bond donors (Lipinski definition) is 3. The fourth-order valence-electron chi connectivity index (χ4n) is 2.11. The van der Waals surface area contributed by atoms with Crippen LogP contribution in [0, 0.1) is 13.8 Å². The monoisotopic (exact) mass is 301 g/mol. The molecule has 0 radical (unpaired) electrons. The van der Waals surface area contributed by atoms with Gasteiger partial charge < -0.3 is 10.2 Å². The van der Waals surface area contributed by atoms with Crippen molar-refractivity contribution in [3.63, 3.8) is 0 Å². The van der Waals surface area contributed by atoms with Crippen LogP contribution in [0.15, 0.2) is 17.0 Å². The lowest BCUT2D eigenvalue weighted by Crippen LogP contribution is -2.36. The second kappa shape index (κ2) is 7.03. The van der Waals surface area contributed by atoms with E-state index in [2.05, 4.69) is 10.1 Å². The number of hydrogen-bond acceptors (Lipinski definition) is 5. The molecule has 0 aromatic heterocycles. The number of anilines is 1. The summed E-state index contributed by atoms with van der Waals surface area (Å²) in [6.45, 7) is 8.03. The lowest BCUT2D eigenvalue weighted by Gasteiger charge is -2.17. The number of nitrogens with two attached hydrogens (primary N) is 1. The fourth-order valence-corrected chi connectivity index (χ4v) is 3.79. The summed E-state index contributed by atoms with van der Waals surface area (Å²) in [6.07, 6.45) is 0. The highest BCUT2D eigenvalue weighted by Crippen LogP contribution is 2.24. The molecule has 0 fully saturated rings. The zero-order chi connectivity index (χ0) is 15.3. The summed E-state index contributed by atoms with van der Waals surface area (Å²) in [7, 11) is -3.57. The molecule has 1 aromatic rings. The van der Waals surface area contributed by atoms with Gasteiger partial charge >= 0.3 is 0 Å². The maximum absolute atomic E-state index is 12.4. The van der Waals surface area contributed by atoms with Gasteiger partial charge in [-0.15, -0.1) is 0 Å². The SMILES string of the molecule is CCOCC(C)NS(=O)(=O)c1c(C)cc(NN)cc1C. The molecule has 114 valence electrons. The van der Waals surface area contributed by atoms with E-state index in [9.17, 15) is 8.42 Å². The summed E-state index contributed by atoms with van der Waals surface area (Å²) in [5.41, 5.74) is 4.50. The van der Waals surface area contributed by atoms with Crippen LogP contribution in [0.2, 0.25) is 0 Å². The number of nitrogen functional groups attached to an aromatic ring is 1. The van der Waals surface area contributed by atoms with Gasteiger partial charge in [0.2, 0.25) is 10.0 Å². The largest absolute Gasteiger partial charge is 0.380 e. The molecule has 4 N–H and O–H groups in total. The molecule has 1 rings (SSSR count). The summed E-state index contributed by atoms with van der Waals surface area (Å²) in [5, 5.41) is 0. The van der Waals surface area contributed by atoms with E-state index in [1.807, 2.05) is 6.92 Å². The number of hydrazine groups is 1. The number of rotatable bonds is 7. The van der Waals surface area contributed by atoms with Gasteiger partial charge in [-0.1, -0.05) is 0 Å². The Labute approximate surface area is 120 Å². The predicted octanol–water partition coefficient (Wildman–Crippen LogP) is 1.29. The third-order valence-electron chi connectivity index (χ3n) is 2.82. The smallest absolute Gasteiger partial charge is 0.241 e. The maximum atomic E-state index is 12.4. The molecular formula is C13H23N3O3S. The van der Waals surface area contributed by atoms with Gasteiger partial charge in [0.05, 0.1) is 11.5 Å². The van der Waals surface area contributed by atoms with E-state index < -0.39 is 10.0 Å². The lowest BCUT2D eigenvalue weighted by atomic mass is 10.1. The molecule has 6 nitrogen and oxygen atoms in total. The van der Waals surface area contributed by atoms with Crippen LogP contribution in [-0.4, -0.2) is 27.7 Å². The Bertz CT molecular complexity index is 535. The normalized spacial score (nSPS) is 13.2. The Morgan fingerprint density at radius 2 is 1.85 bits per heavy atom. The minimum Gasteiger partial charge on any atom is -0.380 e. The molecule has 0 amide bonds. The van der Waals surface area contributed by atoms with Crippen LogP contribution in [0.1, 0.15) is 25.0 Å². The van der Waals surface area contributed by atoms with Crippen LogP contribution in [0.5, 0.6) is 0 Å². The van der Waals surface area contributed by atoms with Crippen LogP contribution < -0.4 is 16.0 Å². The summed E-state index contributed by atoms with van der Waals surface area (Å²) in [6, 6.07) is 3.12. The van der Waals surface area contributed by atoms with Crippen LogP contribution in [-0.2, 0) is 14.8 Å². The molecular weight excluding hydrogens is 278 g/mol. The van der Waals surface area contributed by atoms with Crippen molar-refractivity contribution in [3.05, 3.63) is 23.3 Å². The number of sulfonamides is 1. The van der Waals surface area contributed by atoms with Crippen molar-refractivity contribution in [3.8, 4) is 0 Å². The quantitative estimate of drug-likeness (QED) is 0.521. The van der Waals surface area contributed by atoms with Crippen molar-refractivity contribution < 1.29 is 13.2 Å². The van der Waals surface area contributed by atoms with E-state index in [4.69, 9.17) is 10.6 Å². The minimum absolute atomic E-state index is 0.286. The first-order chi connectivity index (χ1) is 9.31. The van der Waals surface area contributed by atoms with Gasteiger partial charge in [-0.05, 0) is 51.0 Å². The Balaban J connectivity index is 3.04. The molecule has 0 aliphatic heterocycles. The maximum Gasteiger partial charge on any atom is 0.241 e. The molecule has 20 heavy (non-hydrogen) atoms. The molecule has 0 saturated carbocycles. The first-order valence-corrected chi connectivity index (χ1v) is 7.98. The van der Waals surface area contributed by atoms with Gasteiger partial charge in [-0.25, -0.2) is 13.1 Å². The topological polar surface area (TPSA) is 93.4 Å². The average Bonchev–Trinajstić information content (AvgIpc) is 2.34. The van der Waals surface area contributed by atoms with E-state index in [0.29, 0.717) is 34.9 Å². The van der Waals surface area contributed by atoms with Gasteiger partial charge in [-0.3, -0.25) is 5.84 Å². The molecule has 0 aliphatic carbocycles. The third-order valence-corrected chi connectivity index (χ3v) is 4.72. The summed E-state index contributed by atoms with van der Waals surface area (Å²) < 4.78 is 32.7. The minimum atomic E-state index is -3.57. The molecule has 0 heterocycles. The standard InChI is InChI=1S/C13H23N3O3S/c1-5-19-8-11(4)16-20(17,18)13-9(2)6-12(15-14)7-10(13)3/h6-7,11,15-16H,5,8,14H2,1-4H3. The van der Waals surface area contributed by atoms with E-state index in [1.54, 1.807) is 32.9 Å². The molecule has 7 heteroatoms. The van der Waals surface area contributed by atoms with E-state index in [0.717, 1.165) is 0 Å². The number of ether oxygens (including phenoxy) is 1. The zero-order valence-corrected chi connectivity index (χ0v) is 13.2. The zero-order valence-electron chi connectivity index (χ0n) is 12.4. The van der Waals surface area contributed by atoms with E-state index in [1.165, 1.54) is 0 Å². The number of benzene rings is 1. The van der Waals surface area contributed by atoms with Crippen molar-refractivity contribution in [2.75, 3.05) is 18.6 Å². The molecule has 0 bridgehead atoms. The van der Waals surface area contributed by atoms with Gasteiger partial charge in [0, 0.05) is 18.3 Å². The van der Waals surface area contributed by atoms with Crippen molar-refractivity contribution in [2.45, 2.75) is 38.6 Å². The summed E-state index contributed by atoms with van der Waals surface area (Å²) >= 11 is 0. The van der Waals surface area contributed by atoms with Crippen LogP contribution >= 0.6 is 0 Å². The Kier molecular flexibility index (Phi) is 5.94. The highest BCUT2D eigenvalue weighted by molar-refractivity contribution is 7.89. The number of aryl methyl sites for hydroxylation is 2. The second-order valence-corrected chi connectivity index (χ2v) is 6.42. The van der Waals surface area contributed by atoms with Crippen molar-refractivity contribution >= 4 is 15.7 Å². The first kappa shape index (κ1) is 16.9. The average molecular weight is 301 g/mol. The van der Waals surface area contributed by atoms with Gasteiger partial charge in [-0.2, -0.15) is 0 Å². The molecule has 0 aliphatic rings. The highest BCUT2D eigenvalue weighted by atomic mass is 32.2. The number of nitrogens with one attached hydrogen (secondary N) is 2. The molecule has 1 aromatic carbocycles. The van der Waals surface area contributed by atoms with Crippen LogP contribution in [0.25, 0.3) is 0 Å². The van der Waals surface area contributed by atoms with Gasteiger partial charge in [0.25, 0.3) is 0 Å². The third kappa shape index (κ3) is 4.17. The summed E-state index contributed by atoms with van der Waals surface area (Å²) in [5.74, 6) is 5.35. The van der Waals surface area contributed by atoms with Crippen molar-refractivity contribution in [1.29, 1.82) is 0 Å². The molecule has 1 atom stereocenters.